The molecule has 0 saturated heterocycles. The summed E-state index contributed by atoms with van der Waals surface area (Å²) in [6, 6.07) is 14.5. The highest BCUT2D eigenvalue weighted by Gasteiger charge is 2.13. The number of nitrogens with zero attached hydrogens (tertiary/aromatic N) is 2. The van der Waals surface area contributed by atoms with Crippen LogP contribution in [0.25, 0.3) is 11.3 Å². The lowest BCUT2D eigenvalue weighted by atomic mass is 10.1. The second kappa shape index (κ2) is 6.32. The number of anilines is 2. The van der Waals surface area contributed by atoms with E-state index in [0.717, 1.165) is 0 Å². The van der Waals surface area contributed by atoms with E-state index in [1.807, 2.05) is 30.3 Å². The van der Waals surface area contributed by atoms with Crippen LogP contribution in [0, 0.1) is 0 Å². The predicted molar refractivity (Wildman–Crippen MR) is 92.8 cm³/mol. The highest BCUT2D eigenvalue weighted by atomic mass is 35.5. The summed E-state index contributed by atoms with van der Waals surface area (Å²) in [5.74, 6) is 1.18. The zero-order chi connectivity index (χ0) is 16.4. The smallest absolute Gasteiger partial charge is 0.222 e. The average molecular weight is 347 g/mol. The quantitative estimate of drug-likeness (QED) is 0.686. The van der Waals surface area contributed by atoms with Crippen LogP contribution in [0.4, 0.5) is 11.6 Å². The molecule has 0 aliphatic rings. The van der Waals surface area contributed by atoms with Crippen molar-refractivity contribution in [1.82, 2.24) is 9.97 Å². The van der Waals surface area contributed by atoms with Crippen molar-refractivity contribution in [3.63, 3.8) is 0 Å². The summed E-state index contributed by atoms with van der Waals surface area (Å²) in [6.45, 7) is 0. The number of rotatable bonds is 3. The van der Waals surface area contributed by atoms with Crippen LogP contribution in [0.2, 0.25) is 10.2 Å². The Labute approximate surface area is 142 Å². The maximum atomic E-state index is 6.20. The van der Waals surface area contributed by atoms with Gasteiger partial charge in [0.2, 0.25) is 5.95 Å². The topological polar surface area (TPSA) is 87.0 Å². The molecular formula is C16H12Cl2N4O. The fourth-order valence-corrected chi connectivity index (χ4v) is 2.35. The first-order chi connectivity index (χ1) is 11.0. The van der Waals surface area contributed by atoms with Crippen molar-refractivity contribution in [1.29, 1.82) is 0 Å². The van der Waals surface area contributed by atoms with Gasteiger partial charge in [-0.05, 0) is 24.3 Å². The van der Waals surface area contributed by atoms with Gasteiger partial charge in [-0.1, -0.05) is 47.5 Å². The molecule has 1 heterocycles. The molecule has 0 aliphatic carbocycles. The number of nitrogens with two attached hydrogens (primary N) is 2. The largest absolute Gasteiger partial charge is 0.456 e. The zero-order valence-corrected chi connectivity index (χ0v) is 13.3. The molecule has 0 fully saturated rings. The number of nitrogen functional groups attached to an aromatic ring is 2. The predicted octanol–water partition coefficient (Wildman–Crippen LogP) is 4.41. The van der Waals surface area contributed by atoms with Gasteiger partial charge in [0, 0.05) is 5.56 Å². The van der Waals surface area contributed by atoms with Crippen LogP contribution < -0.4 is 16.2 Å². The third-order valence-corrected chi connectivity index (χ3v) is 3.69. The maximum absolute atomic E-state index is 6.20. The Balaban J connectivity index is 2.04. The molecular weight excluding hydrogens is 335 g/mol. The molecule has 0 bridgehead atoms. The lowest BCUT2D eigenvalue weighted by molar-refractivity contribution is 0.483. The van der Waals surface area contributed by atoms with Crippen molar-refractivity contribution < 1.29 is 4.74 Å². The molecule has 0 spiro atoms. The van der Waals surface area contributed by atoms with E-state index in [1.54, 1.807) is 18.2 Å². The van der Waals surface area contributed by atoms with Crippen LogP contribution in [0.3, 0.4) is 0 Å². The molecule has 0 amide bonds. The molecule has 0 saturated carbocycles. The summed E-state index contributed by atoms with van der Waals surface area (Å²) in [6.07, 6.45) is 0. The van der Waals surface area contributed by atoms with Gasteiger partial charge in [0.15, 0.2) is 5.15 Å². The Hall–Kier alpha value is -2.50. The summed E-state index contributed by atoms with van der Waals surface area (Å²) in [5.41, 5.74) is 12.9. The van der Waals surface area contributed by atoms with Gasteiger partial charge in [-0.15, -0.1) is 0 Å². The molecule has 116 valence electrons. The van der Waals surface area contributed by atoms with Gasteiger partial charge in [0.25, 0.3) is 0 Å². The zero-order valence-electron chi connectivity index (χ0n) is 11.8. The van der Waals surface area contributed by atoms with Crippen LogP contribution >= 0.6 is 23.2 Å². The van der Waals surface area contributed by atoms with Gasteiger partial charge in [0.05, 0.1) is 10.7 Å². The van der Waals surface area contributed by atoms with Crippen LogP contribution in [0.5, 0.6) is 11.5 Å². The Morgan fingerprint density at radius 2 is 1.65 bits per heavy atom. The van der Waals surface area contributed by atoms with E-state index in [2.05, 4.69) is 9.97 Å². The molecule has 2 aromatic carbocycles. The van der Waals surface area contributed by atoms with Crippen molar-refractivity contribution in [3.05, 3.63) is 58.7 Å². The third-order valence-electron chi connectivity index (χ3n) is 3.09. The monoisotopic (exact) mass is 346 g/mol. The fourth-order valence-electron chi connectivity index (χ4n) is 2.02. The van der Waals surface area contributed by atoms with Gasteiger partial charge in [0.1, 0.15) is 17.2 Å². The van der Waals surface area contributed by atoms with Crippen LogP contribution in [-0.4, -0.2) is 9.97 Å². The van der Waals surface area contributed by atoms with Crippen molar-refractivity contribution >= 4 is 34.8 Å². The first kappa shape index (κ1) is 15.4. The van der Waals surface area contributed by atoms with E-state index in [9.17, 15) is 0 Å². The van der Waals surface area contributed by atoms with Crippen LogP contribution in [0.15, 0.2) is 48.5 Å². The van der Waals surface area contributed by atoms with E-state index in [1.165, 1.54) is 0 Å². The Morgan fingerprint density at radius 1 is 0.913 bits per heavy atom. The molecule has 3 rings (SSSR count). The third kappa shape index (κ3) is 3.31. The Bertz CT molecular complexity index is 856. The molecule has 4 N–H and O–H groups in total. The van der Waals surface area contributed by atoms with Gasteiger partial charge in [-0.2, -0.15) is 4.98 Å². The molecule has 5 nitrogen and oxygen atoms in total. The molecule has 1 aromatic heterocycles. The Morgan fingerprint density at radius 3 is 2.39 bits per heavy atom. The number of hydrogen-bond donors (Lipinski definition) is 2. The second-order valence-corrected chi connectivity index (χ2v) is 5.46. The molecule has 3 aromatic rings. The van der Waals surface area contributed by atoms with Gasteiger partial charge < -0.3 is 16.2 Å². The standard InChI is InChI=1S/C16H12Cl2N4O/c17-11-7-6-9(14-13(19)15(18)22-16(20)21-14)8-12(11)23-10-4-2-1-3-5-10/h1-8H,19H2,(H2,20,21,22). The van der Waals surface area contributed by atoms with Crippen molar-refractivity contribution in [3.8, 4) is 22.8 Å². The summed E-state index contributed by atoms with van der Waals surface area (Å²) in [5, 5.41) is 0.567. The van der Waals surface area contributed by atoms with Crippen molar-refractivity contribution in [2.75, 3.05) is 11.5 Å². The lowest BCUT2D eigenvalue weighted by Gasteiger charge is -2.11. The number of aromatic nitrogens is 2. The lowest BCUT2D eigenvalue weighted by Crippen LogP contribution is -2.02. The molecule has 23 heavy (non-hydrogen) atoms. The van der Waals surface area contributed by atoms with Crippen LogP contribution in [-0.2, 0) is 0 Å². The van der Waals surface area contributed by atoms with E-state index in [-0.39, 0.29) is 16.8 Å². The minimum atomic E-state index is 0.0414. The van der Waals surface area contributed by atoms with Crippen molar-refractivity contribution in [2.45, 2.75) is 0 Å². The summed E-state index contributed by atoms with van der Waals surface area (Å²) >= 11 is 12.2. The van der Waals surface area contributed by atoms with E-state index in [0.29, 0.717) is 27.8 Å². The van der Waals surface area contributed by atoms with Crippen LogP contribution in [0.1, 0.15) is 0 Å². The number of hydrogen-bond acceptors (Lipinski definition) is 5. The first-order valence-corrected chi connectivity index (χ1v) is 7.41. The second-order valence-electron chi connectivity index (χ2n) is 4.70. The van der Waals surface area contributed by atoms with Gasteiger partial charge in [-0.3, -0.25) is 0 Å². The minimum absolute atomic E-state index is 0.0414. The molecule has 7 heteroatoms. The first-order valence-electron chi connectivity index (χ1n) is 6.66. The fraction of sp³-hybridized carbons (Fsp3) is 0. The maximum Gasteiger partial charge on any atom is 0.222 e. The number of para-hydroxylation sites is 1. The molecule has 0 atom stereocenters. The molecule has 0 radical (unpaired) electrons. The molecule has 0 aliphatic heterocycles. The van der Waals surface area contributed by atoms with E-state index >= 15 is 0 Å². The summed E-state index contributed by atoms with van der Waals surface area (Å²) in [4.78, 5) is 7.96. The van der Waals surface area contributed by atoms with Gasteiger partial charge >= 0.3 is 0 Å². The van der Waals surface area contributed by atoms with E-state index < -0.39 is 0 Å². The average Bonchev–Trinajstić information content (AvgIpc) is 2.54. The summed E-state index contributed by atoms with van der Waals surface area (Å²) in [7, 11) is 0. The highest BCUT2D eigenvalue weighted by Crippen LogP contribution is 2.36. The SMILES string of the molecule is Nc1nc(Cl)c(N)c(-c2ccc(Cl)c(Oc3ccccc3)c2)n1. The minimum Gasteiger partial charge on any atom is -0.456 e. The molecule has 0 unspecified atom stereocenters. The number of ether oxygens (including phenoxy) is 1. The van der Waals surface area contributed by atoms with Gasteiger partial charge in [-0.25, -0.2) is 4.98 Å². The highest BCUT2D eigenvalue weighted by molar-refractivity contribution is 6.33. The Kier molecular flexibility index (Phi) is 4.23. The van der Waals surface area contributed by atoms with Crippen molar-refractivity contribution in [2.24, 2.45) is 0 Å². The van der Waals surface area contributed by atoms with E-state index in [4.69, 9.17) is 39.4 Å². The number of benzene rings is 2. The normalized spacial score (nSPS) is 10.5. The number of halogens is 2. The summed E-state index contributed by atoms with van der Waals surface area (Å²) < 4.78 is 5.79.